The van der Waals surface area contributed by atoms with Gasteiger partial charge >= 0.3 is 0 Å². The minimum absolute atomic E-state index is 0.182. The third kappa shape index (κ3) is 2.99. The third-order valence-corrected chi connectivity index (χ3v) is 4.93. The molecule has 1 atom stereocenters. The summed E-state index contributed by atoms with van der Waals surface area (Å²) in [4.78, 5) is 17.4. The van der Waals surface area contributed by atoms with Crippen LogP contribution in [0.5, 0.6) is 11.5 Å². The van der Waals surface area contributed by atoms with Crippen molar-refractivity contribution in [3.63, 3.8) is 0 Å². The fourth-order valence-corrected chi connectivity index (χ4v) is 3.35. The molecule has 0 bridgehead atoms. The predicted octanol–water partition coefficient (Wildman–Crippen LogP) is 2.98. The number of para-hydroxylation sites is 2. The summed E-state index contributed by atoms with van der Waals surface area (Å²) < 4.78 is 16.9. The summed E-state index contributed by atoms with van der Waals surface area (Å²) in [6.07, 6.45) is 1.95. The second-order valence-corrected chi connectivity index (χ2v) is 7.02. The first kappa shape index (κ1) is 16.1. The van der Waals surface area contributed by atoms with Crippen LogP contribution in [0.25, 0.3) is 11.1 Å². The van der Waals surface area contributed by atoms with Crippen molar-refractivity contribution < 1.29 is 18.8 Å². The van der Waals surface area contributed by atoms with Crippen LogP contribution in [0.15, 0.2) is 34.9 Å². The molecule has 1 fully saturated rings. The minimum Gasteiger partial charge on any atom is -0.486 e. The summed E-state index contributed by atoms with van der Waals surface area (Å²) in [5, 5.41) is 7.60. The van der Waals surface area contributed by atoms with Gasteiger partial charge in [0.25, 0.3) is 11.6 Å². The summed E-state index contributed by atoms with van der Waals surface area (Å²) in [6.45, 7) is 2.55. The molecule has 3 heterocycles. The van der Waals surface area contributed by atoms with Crippen molar-refractivity contribution >= 4 is 17.0 Å². The minimum atomic E-state index is -0.243. The normalized spacial score (nSPS) is 18.5. The highest BCUT2D eigenvalue weighted by molar-refractivity contribution is 6.06. The standard InChI is InChI=1S/C20H19N3O4/c1-11-18-14(8-15(12-6-7-12)22-20(18)27-23-11)19(24)21-9-13-10-25-16-4-2-3-5-17(16)26-13/h2-5,8,12-13H,6-7,9-10H2,1H3,(H,21,24)/t13-/m1/s1. The van der Waals surface area contributed by atoms with Gasteiger partial charge in [-0.25, -0.2) is 4.98 Å². The zero-order chi connectivity index (χ0) is 18.4. The molecule has 1 saturated carbocycles. The van der Waals surface area contributed by atoms with Gasteiger partial charge in [-0.15, -0.1) is 0 Å². The van der Waals surface area contributed by atoms with Gasteiger partial charge in [-0.1, -0.05) is 17.3 Å². The number of aromatic nitrogens is 2. The summed E-state index contributed by atoms with van der Waals surface area (Å²) in [7, 11) is 0. The molecular formula is C20H19N3O4. The van der Waals surface area contributed by atoms with E-state index in [-0.39, 0.29) is 12.0 Å². The quantitative estimate of drug-likeness (QED) is 0.765. The molecule has 1 aliphatic carbocycles. The maximum absolute atomic E-state index is 12.9. The number of carbonyl (C=O) groups excluding carboxylic acids is 1. The molecular weight excluding hydrogens is 346 g/mol. The van der Waals surface area contributed by atoms with Crippen molar-refractivity contribution in [2.24, 2.45) is 0 Å². The number of nitrogens with one attached hydrogen (secondary N) is 1. The van der Waals surface area contributed by atoms with Crippen LogP contribution in [-0.4, -0.2) is 35.3 Å². The lowest BCUT2D eigenvalue weighted by atomic mass is 10.1. The van der Waals surface area contributed by atoms with E-state index in [2.05, 4.69) is 15.5 Å². The SMILES string of the molecule is Cc1noc2nc(C3CC3)cc(C(=O)NC[C@@H]3COc4ccccc4O3)c12. The lowest BCUT2D eigenvalue weighted by Gasteiger charge is -2.26. The van der Waals surface area contributed by atoms with E-state index in [9.17, 15) is 4.79 Å². The van der Waals surface area contributed by atoms with Crippen molar-refractivity contribution in [1.29, 1.82) is 0 Å². The van der Waals surface area contributed by atoms with Gasteiger partial charge in [-0.2, -0.15) is 0 Å². The van der Waals surface area contributed by atoms with Crippen molar-refractivity contribution in [2.75, 3.05) is 13.2 Å². The first-order valence-electron chi connectivity index (χ1n) is 9.12. The molecule has 0 radical (unpaired) electrons. The fraction of sp³-hybridized carbons (Fsp3) is 0.350. The summed E-state index contributed by atoms with van der Waals surface area (Å²) in [5.41, 5.74) is 2.54. The van der Waals surface area contributed by atoms with Gasteiger partial charge in [-0.05, 0) is 38.0 Å². The van der Waals surface area contributed by atoms with E-state index in [1.807, 2.05) is 37.3 Å². The smallest absolute Gasteiger partial charge is 0.259 e. The van der Waals surface area contributed by atoms with E-state index in [1.54, 1.807) is 0 Å². The van der Waals surface area contributed by atoms with Crippen LogP contribution in [0.4, 0.5) is 0 Å². The monoisotopic (exact) mass is 365 g/mol. The fourth-order valence-electron chi connectivity index (χ4n) is 3.35. The Kier molecular flexibility index (Phi) is 3.74. The number of carbonyl (C=O) groups is 1. The molecule has 27 heavy (non-hydrogen) atoms. The molecule has 1 amide bonds. The largest absolute Gasteiger partial charge is 0.486 e. The van der Waals surface area contributed by atoms with Crippen molar-refractivity contribution in [1.82, 2.24) is 15.5 Å². The number of amides is 1. The molecule has 1 aromatic carbocycles. The number of fused-ring (bicyclic) bond motifs is 2. The second-order valence-electron chi connectivity index (χ2n) is 7.02. The highest BCUT2D eigenvalue weighted by Gasteiger charge is 2.29. The van der Waals surface area contributed by atoms with E-state index in [0.717, 1.165) is 24.3 Å². The number of hydrogen-bond acceptors (Lipinski definition) is 6. The first-order valence-corrected chi connectivity index (χ1v) is 9.12. The first-order chi connectivity index (χ1) is 13.2. The highest BCUT2D eigenvalue weighted by atomic mass is 16.6. The molecule has 5 rings (SSSR count). The van der Waals surface area contributed by atoms with Gasteiger partial charge in [0, 0.05) is 11.6 Å². The van der Waals surface area contributed by atoms with Crippen LogP contribution in [0.3, 0.4) is 0 Å². The van der Waals surface area contributed by atoms with Crippen molar-refractivity contribution in [3.8, 4) is 11.5 Å². The Balaban J connectivity index is 1.35. The van der Waals surface area contributed by atoms with Gasteiger partial charge in [0.1, 0.15) is 12.7 Å². The Bertz CT molecular complexity index is 1030. The van der Waals surface area contributed by atoms with Crippen LogP contribution in [0, 0.1) is 6.92 Å². The van der Waals surface area contributed by atoms with E-state index in [4.69, 9.17) is 14.0 Å². The summed E-state index contributed by atoms with van der Waals surface area (Å²) in [5.74, 6) is 1.65. The molecule has 138 valence electrons. The number of benzene rings is 1. The van der Waals surface area contributed by atoms with Gasteiger partial charge in [0.2, 0.25) is 0 Å². The molecule has 1 N–H and O–H groups in total. The number of hydrogen-bond donors (Lipinski definition) is 1. The molecule has 0 spiro atoms. The molecule has 2 aromatic heterocycles. The number of pyridine rings is 1. The molecule has 1 aliphatic heterocycles. The van der Waals surface area contributed by atoms with Gasteiger partial charge < -0.3 is 19.3 Å². The average molecular weight is 365 g/mol. The van der Waals surface area contributed by atoms with E-state index in [0.29, 0.717) is 47.2 Å². The number of nitrogens with zero attached hydrogens (tertiary/aromatic N) is 2. The molecule has 3 aromatic rings. The zero-order valence-corrected chi connectivity index (χ0v) is 14.9. The molecule has 0 saturated heterocycles. The number of rotatable bonds is 4. The third-order valence-electron chi connectivity index (χ3n) is 4.93. The van der Waals surface area contributed by atoms with Gasteiger partial charge in [0.05, 0.1) is 23.2 Å². The predicted molar refractivity (Wildman–Crippen MR) is 97.2 cm³/mol. The second kappa shape index (κ2) is 6.26. The maximum Gasteiger partial charge on any atom is 0.259 e. The Hall–Kier alpha value is -3.09. The van der Waals surface area contributed by atoms with Crippen LogP contribution in [0.1, 0.15) is 40.5 Å². The maximum atomic E-state index is 12.9. The van der Waals surface area contributed by atoms with Crippen LogP contribution in [-0.2, 0) is 0 Å². The topological polar surface area (TPSA) is 86.5 Å². The molecule has 2 aliphatic rings. The van der Waals surface area contributed by atoms with Crippen LogP contribution >= 0.6 is 0 Å². The van der Waals surface area contributed by atoms with Crippen LogP contribution in [0.2, 0.25) is 0 Å². The molecule has 0 unspecified atom stereocenters. The summed E-state index contributed by atoms with van der Waals surface area (Å²) in [6, 6.07) is 9.39. The molecule has 7 nitrogen and oxygen atoms in total. The van der Waals surface area contributed by atoms with Gasteiger partial charge in [0.15, 0.2) is 11.5 Å². The number of ether oxygens (including phenoxy) is 2. The van der Waals surface area contributed by atoms with E-state index in [1.165, 1.54) is 0 Å². The lowest BCUT2D eigenvalue weighted by Crippen LogP contribution is -2.40. The Morgan fingerprint density at radius 1 is 1.26 bits per heavy atom. The molecule has 7 heteroatoms. The Morgan fingerprint density at radius 2 is 2.07 bits per heavy atom. The van der Waals surface area contributed by atoms with E-state index < -0.39 is 0 Å². The highest BCUT2D eigenvalue weighted by Crippen LogP contribution is 2.40. The number of aryl methyl sites for hydroxylation is 1. The van der Waals surface area contributed by atoms with E-state index >= 15 is 0 Å². The van der Waals surface area contributed by atoms with Gasteiger partial charge in [-0.3, -0.25) is 4.79 Å². The van der Waals surface area contributed by atoms with Crippen molar-refractivity contribution in [3.05, 3.63) is 47.3 Å². The van der Waals surface area contributed by atoms with Crippen molar-refractivity contribution in [2.45, 2.75) is 31.8 Å². The van der Waals surface area contributed by atoms with Crippen LogP contribution < -0.4 is 14.8 Å². The Morgan fingerprint density at radius 3 is 2.89 bits per heavy atom. The average Bonchev–Trinajstić information content (AvgIpc) is 3.49. The lowest BCUT2D eigenvalue weighted by molar-refractivity contribution is 0.0790. The zero-order valence-electron chi connectivity index (χ0n) is 14.9. The Labute approximate surface area is 155 Å². The summed E-state index contributed by atoms with van der Waals surface area (Å²) >= 11 is 0.